The van der Waals surface area contributed by atoms with Gasteiger partial charge in [-0.05, 0) is 36.8 Å². The van der Waals surface area contributed by atoms with E-state index in [0.717, 1.165) is 29.3 Å². The van der Waals surface area contributed by atoms with Crippen molar-refractivity contribution in [3.8, 4) is 11.4 Å². The second-order valence-electron chi connectivity index (χ2n) is 7.06. The molecule has 2 aromatic carbocycles. The first kappa shape index (κ1) is 25.2. The molecule has 0 aliphatic rings. The van der Waals surface area contributed by atoms with Crippen LogP contribution in [0.5, 0.6) is 5.75 Å². The lowest BCUT2D eigenvalue weighted by Crippen LogP contribution is -2.38. The molecular formula is C23H29IN6O2. The Labute approximate surface area is 205 Å². The van der Waals surface area contributed by atoms with Gasteiger partial charge < -0.3 is 20.7 Å². The Hall–Kier alpha value is -3.08. The Morgan fingerprint density at radius 1 is 1.19 bits per heavy atom. The van der Waals surface area contributed by atoms with Gasteiger partial charge >= 0.3 is 0 Å². The molecule has 170 valence electrons. The summed E-state index contributed by atoms with van der Waals surface area (Å²) in [5.74, 6) is 0.881. The van der Waals surface area contributed by atoms with E-state index >= 15 is 0 Å². The Morgan fingerprint density at radius 3 is 2.69 bits per heavy atom. The van der Waals surface area contributed by atoms with Crippen molar-refractivity contribution in [2.75, 3.05) is 20.2 Å². The molecule has 0 atom stereocenters. The molecule has 3 aromatic rings. The van der Waals surface area contributed by atoms with Gasteiger partial charge in [0.1, 0.15) is 5.75 Å². The van der Waals surface area contributed by atoms with Crippen molar-refractivity contribution in [3.05, 3.63) is 78.1 Å². The summed E-state index contributed by atoms with van der Waals surface area (Å²) in [6.07, 6.45) is 3.89. The minimum atomic E-state index is -0.505. The quantitative estimate of drug-likeness (QED) is 0.244. The molecule has 1 aromatic heterocycles. The molecule has 9 heteroatoms. The standard InChI is InChI=1S/C23H28N6O2.HI/c1-3-25-23(26-13-18-8-7-11-21(12-18)31-17-22(24)30)28(2)15-19-14-27-29(16-19)20-9-5-4-6-10-20;/h4-12,14,16H,3,13,15,17H2,1-2H3,(H2,24,30)(H,25,26);1H. The number of aliphatic imine (C=N–C) groups is 1. The van der Waals surface area contributed by atoms with Crippen molar-refractivity contribution in [3.63, 3.8) is 0 Å². The third-order valence-corrected chi connectivity index (χ3v) is 4.46. The largest absolute Gasteiger partial charge is 0.484 e. The van der Waals surface area contributed by atoms with Crippen LogP contribution in [0.3, 0.4) is 0 Å². The van der Waals surface area contributed by atoms with Crippen molar-refractivity contribution in [2.45, 2.75) is 20.0 Å². The Kier molecular flexibility index (Phi) is 9.99. The third kappa shape index (κ3) is 7.56. The number of aromatic nitrogens is 2. The Balaban J connectivity index is 0.00000363. The lowest BCUT2D eigenvalue weighted by Gasteiger charge is -2.21. The number of hydrogen-bond donors (Lipinski definition) is 2. The molecule has 0 saturated carbocycles. The van der Waals surface area contributed by atoms with Gasteiger partial charge in [0.15, 0.2) is 12.6 Å². The van der Waals surface area contributed by atoms with Crippen LogP contribution >= 0.6 is 24.0 Å². The van der Waals surface area contributed by atoms with Gasteiger partial charge in [0.25, 0.3) is 5.91 Å². The average molecular weight is 548 g/mol. The van der Waals surface area contributed by atoms with Crippen LogP contribution in [0.4, 0.5) is 0 Å². The lowest BCUT2D eigenvalue weighted by atomic mass is 10.2. The van der Waals surface area contributed by atoms with Gasteiger partial charge in [-0.2, -0.15) is 5.10 Å². The minimum Gasteiger partial charge on any atom is -0.484 e. The molecule has 1 heterocycles. The maximum atomic E-state index is 10.9. The fraction of sp³-hybridized carbons (Fsp3) is 0.261. The summed E-state index contributed by atoms with van der Waals surface area (Å²) in [6.45, 7) is 3.79. The van der Waals surface area contributed by atoms with Crippen molar-refractivity contribution in [1.29, 1.82) is 0 Å². The fourth-order valence-electron chi connectivity index (χ4n) is 3.04. The summed E-state index contributed by atoms with van der Waals surface area (Å²) < 4.78 is 7.24. The van der Waals surface area contributed by atoms with Gasteiger partial charge in [0.05, 0.1) is 18.4 Å². The zero-order valence-corrected chi connectivity index (χ0v) is 20.6. The molecular weight excluding hydrogens is 519 g/mol. The van der Waals surface area contributed by atoms with Gasteiger partial charge in [-0.1, -0.05) is 30.3 Å². The molecule has 0 aliphatic carbocycles. The Bertz CT molecular complexity index is 1020. The van der Waals surface area contributed by atoms with Crippen LogP contribution in [0, 0.1) is 0 Å². The highest BCUT2D eigenvalue weighted by Gasteiger charge is 2.09. The van der Waals surface area contributed by atoms with Crippen molar-refractivity contribution < 1.29 is 9.53 Å². The van der Waals surface area contributed by atoms with E-state index in [-0.39, 0.29) is 30.6 Å². The predicted octanol–water partition coefficient (Wildman–Crippen LogP) is 2.95. The zero-order chi connectivity index (χ0) is 22.1. The molecule has 32 heavy (non-hydrogen) atoms. The average Bonchev–Trinajstić information content (AvgIpc) is 3.24. The number of nitrogens with one attached hydrogen (secondary N) is 1. The lowest BCUT2D eigenvalue weighted by molar-refractivity contribution is -0.119. The minimum absolute atomic E-state index is 0. The number of carbonyl (C=O) groups excluding carboxylic acids is 1. The van der Waals surface area contributed by atoms with Gasteiger partial charge in [0.2, 0.25) is 0 Å². The molecule has 3 N–H and O–H groups in total. The van der Waals surface area contributed by atoms with E-state index in [1.807, 2.05) is 79.6 Å². The first-order valence-electron chi connectivity index (χ1n) is 10.1. The monoisotopic (exact) mass is 548 g/mol. The molecule has 0 saturated heterocycles. The molecule has 0 spiro atoms. The molecule has 0 fully saturated rings. The molecule has 3 rings (SSSR count). The first-order chi connectivity index (χ1) is 15.0. The SMILES string of the molecule is CCNC(=NCc1cccc(OCC(N)=O)c1)N(C)Cc1cnn(-c2ccccc2)c1.I. The fourth-order valence-corrected chi connectivity index (χ4v) is 3.04. The van der Waals surface area contributed by atoms with Gasteiger partial charge in [-0.25, -0.2) is 9.67 Å². The highest BCUT2D eigenvalue weighted by molar-refractivity contribution is 14.0. The van der Waals surface area contributed by atoms with Gasteiger partial charge in [-0.3, -0.25) is 4.79 Å². The number of carbonyl (C=O) groups is 1. The number of nitrogens with two attached hydrogens (primary N) is 1. The molecule has 0 bridgehead atoms. The number of para-hydroxylation sites is 1. The summed E-state index contributed by atoms with van der Waals surface area (Å²) in [4.78, 5) is 17.7. The van der Waals surface area contributed by atoms with E-state index in [0.29, 0.717) is 18.8 Å². The summed E-state index contributed by atoms with van der Waals surface area (Å²) in [5, 5.41) is 7.78. The van der Waals surface area contributed by atoms with Crippen LogP contribution in [0.25, 0.3) is 5.69 Å². The summed E-state index contributed by atoms with van der Waals surface area (Å²) in [5.41, 5.74) is 8.22. The number of amides is 1. The van der Waals surface area contributed by atoms with Crippen LogP contribution in [-0.2, 0) is 17.9 Å². The van der Waals surface area contributed by atoms with E-state index in [1.165, 1.54) is 0 Å². The van der Waals surface area contributed by atoms with Gasteiger partial charge in [-0.15, -0.1) is 24.0 Å². The van der Waals surface area contributed by atoms with Crippen molar-refractivity contribution in [2.24, 2.45) is 10.7 Å². The zero-order valence-electron chi connectivity index (χ0n) is 18.3. The molecule has 0 aliphatic heterocycles. The maximum absolute atomic E-state index is 10.9. The van der Waals surface area contributed by atoms with Crippen LogP contribution < -0.4 is 15.8 Å². The van der Waals surface area contributed by atoms with Crippen LogP contribution in [0.15, 0.2) is 72.0 Å². The van der Waals surface area contributed by atoms with Crippen LogP contribution in [-0.4, -0.2) is 46.7 Å². The first-order valence-corrected chi connectivity index (χ1v) is 10.1. The molecule has 8 nitrogen and oxygen atoms in total. The number of primary amides is 1. The predicted molar refractivity (Wildman–Crippen MR) is 136 cm³/mol. The smallest absolute Gasteiger partial charge is 0.255 e. The van der Waals surface area contributed by atoms with Crippen molar-refractivity contribution >= 4 is 35.8 Å². The van der Waals surface area contributed by atoms with Crippen molar-refractivity contribution in [1.82, 2.24) is 20.0 Å². The van der Waals surface area contributed by atoms with Gasteiger partial charge in [0, 0.05) is 31.9 Å². The highest BCUT2D eigenvalue weighted by atomic mass is 127. The topological polar surface area (TPSA) is 97.8 Å². The number of halogens is 1. The number of nitrogens with zero attached hydrogens (tertiary/aromatic N) is 4. The molecule has 0 radical (unpaired) electrons. The van der Waals surface area contributed by atoms with Crippen LogP contribution in [0.1, 0.15) is 18.1 Å². The Morgan fingerprint density at radius 2 is 1.97 bits per heavy atom. The van der Waals surface area contributed by atoms with E-state index in [2.05, 4.69) is 15.3 Å². The van der Waals surface area contributed by atoms with Crippen LogP contribution in [0.2, 0.25) is 0 Å². The molecule has 1 amide bonds. The number of rotatable bonds is 9. The second-order valence-corrected chi connectivity index (χ2v) is 7.06. The normalized spacial score (nSPS) is 10.9. The summed E-state index contributed by atoms with van der Waals surface area (Å²) >= 11 is 0. The third-order valence-electron chi connectivity index (χ3n) is 4.46. The highest BCUT2D eigenvalue weighted by Crippen LogP contribution is 2.14. The van der Waals surface area contributed by atoms with E-state index in [1.54, 1.807) is 6.07 Å². The number of benzene rings is 2. The van der Waals surface area contributed by atoms with E-state index < -0.39 is 5.91 Å². The maximum Gasteiger partial charge on any atom is 0.255 e. The van der Waals surface area contributed by atoms with E-state index in [9.17, 15) is 4.79 Å². The van der Waals surface area contributed by atoms with E-state index in [4.69, 9.17) is 15.5 Å². The summed E-state index contributed by atoms with van der Waals surface area (Å²) in [6, 6.07) is 17.5. The number of hydrogen-bond acceptors (Lipinski definition) is 4. The number of ether oxygens (including phenoxy) is 1. The summed E-state index contributed by atoms with van der Waals surface area (Å²) in [7, 11) is 1.99. The molecule has 0 unspecified atom stereocenters. The number of guanidine groups is 1. The second kappa shape index (κ2) is 12.7.